The Kier molecular flexibility index (Phi) is 5.78. The van der Waals surface area contributed by atoms with Crippen molar-refractivity contribution in [3.05, 3.63) is 75.0 Å². The van der Waals surface area contributed by atoms with Gasteiger partial charge >= 0.3 is 0 Å². The average Bonchev–Trinajstić information content (AvgIpc) is 3.29. The van der Waals surface area contributed by atoms with Gasteiger partial charge in [-0.1, -0.05) is 11.6 Å². The number of halogens is 1. The van der Waals surface area contributed by atoms with Crippen LogP contribution in [0, 0.1) is 13.8 Å². The molecule has 0 unspecified atom stereocenters. The molecular weight excluding hydrogens is 508 g/mol. The average molecular weight is 527 g/mol. The van der Waals surface area contributed by atoms with Crippen LogP contribution in [0.2, 0.25) is 5.15 Å². The number of aromatic nitrogens is 3. The number of ether oxygens (including phenoxy) is 1. The van der Waals surface area contributed by atoms with Crippen molar-refractivity contribution >= 4 is 43.8 Å². The van der Waals surface area contributed by atoms with E-state index in [2.05, 4.69) is 15.0 Å². The molecule has 2 N–H and O–H groups in total. The molecule has 12 heteroatoms. The molecule has 0 saturated carbocycles. The molecule has 4 aromatic heterocycles. The standard InChI is InChI=1S/C24H19ClN4O6S/c1-11-6-15(13(3)34-17-4-5-19(25)29-24(17)36(26,31)32)22-16(7-11)20(30)12(2)21(35-22)14-8-18-23(27-9-14)28-10-33-18/h4-10,13H,1-3H3,(H2,26,31,32)/t13-/m1/s1. The van der Waals surface area contributed by atoms with Crippen molar-refractivity contribution in [2.24, 2.45) is 5.14 Å². The summed E-state index contributed by atoms with van der Waals surface area (Å²) in [7, 11) is -4.22. The van der Waals surface area contributed by atoms with E-state index >= 15 is 0 Å². The highest BCUT2D eigenvalue weighted by Crippen LogP contribution is 2.34. The summed E-state index contributed by atoms with van der Waals surface area (Å²) in [5.74, 6) is 0.229. The first-order valence-electron chi connectivity index (χ1n) is 10.7. The Morgan fingerprint density at radius 3 is 2.67 bits per heavy atom. The van der Waals surface area contributed by atoms with Crippen molar-refractivity contribution in [3.8, 4) is 17.1 Å². The van der Waals surface area contributed by atoms with Gasteiger partial charge in [0.25, 0.3) is 10.0 Å². The summed E-state index contributed by atoms with van der Waals surface area (Å²) in [5.41, 5.74) is 3.18. The number of sulfonamides is 1. The number of pyridine rings is 2. The highest BCUT2D eigenvalue weighted by molar-refractivity contribution is 7.89. The fourth-order valence-electron chi connectivity index (χ4n) is 3.98. The molecular formula is C24H19ClN4O6S. The fraction of sp³-hybridized carbons (Fsp3) is 0.167. The molecule has 5 aromatic rings. The molecule has 0 fully saturated rings. The first-order valence-corrected chi connectivity index (χ1v) is 12.6. The van der Waals surface area contributed by atoms with Crippen LogP contribution in [0.1, 0.15) is 29.7 Å². The van der Waals surface area contributed by atoms with Crippen LogP contribution in [0.4, 0.5) is 0 Å². The molecule has 0 saturated heterocycles. The van der Waals surface area contributed by atoms with Gasteiger partial charge in [0.2, 0.25) is 5.03 Å². The lowest BCUT2D eigenvalue weighted by atomic mass is 10.0. The number of hydrogen-bond donors (Lipinski definition) is 1. The maximum atomic E-state index is 13.4. The number of benzene rings is 1. The smallest absolute Gasteiger partial charge is 0.259 e. The van der Waals surface area contributed by atoms with Gasteiger partial charge in [0, 0.05) is 22.9 Å². The molecule has 0 spiro atoms. The quantitative estimate of drug-likeness (QED) is 0.327. The van der Waals surface area contributed by atoms with Gasteiger partial charge in [0.05, 0.1) is 5.39 Å². The fourth-order valence-corrected chi connectivity index (χ4v) is 4.80. The minimum absolute atomic E-state index is 0.0523. The number of hydrogen-bond acceptors (Lipinski definition) is 9. The highest BCUT2D eigenvalue weighted by Gasteiger charge is 2.24. The Morgan fingerprint density at radius 2 is 1.92 bits per heavy atom. The molecule has 0 radical (unpaired) electrons. The third-order valence-corrected chi connectivity index (χ3v) is 6.69. The Morgan fingerprint density at radius 1 is 1.14 bits per heavy atom. The van der Waals surface area contributed by atoms with E-state index in [0.29, 0.717) is 39.1 Å². The molecule has 0 aliphatic carbocycles. The normalized spacial score (nSPS) is 12.8. The number of oxazole rings is 1. The lowest BCUT2D eigenvalue weighted by molar-refractivity contribution is 0.219. The van der Waals surface area contributed by atoms with Gasteiger partial charge in [-0.3, -0.25) is 4.79 Å². The van der Waals surface area contributed by atoms with Crippen molar-refractivity contribution in [2.45, 2.75) is 31.9 Å². The summed E-state index contributed by atoms with van der Waals surface area (Å²) in [5, 5.41) is 5.11. The van der Waals surface area contributed by atoms with E-state index in [1.165, 1.54) is 18.5 Å². The monoisotopic (exact) mass is 526 g/mol. The van der Waals surface area contributed by atoms with Crippen molar-refractivity contribution in [1.29, 1.82) is 0 Å². The minimum Gasteiger partial charge on any atom is -0.483 e. The van der Waals surface area contributed by atoms with Crippen molar-refractivity contribution in [2.75, 3.05) is 0 Å². The predicted molar refractivity (Wildman–Crippen MR) is 132 cm³/mol. The minimum atomic E-state index is -4.22. The van der Waals surface area contributed by atoms with Crippen LogP contribution >= 0.6 is 11.6 Å². The van der Waals surface area contributed by atoms with E-state index in [1.807, 2.05) is 6.92 Å². The van der Waals surface area contributed by atoms with E-state index in [0.717, 1.165) is 5.56 Å². The van der Waals surface area contributed by atoms with Gasteiger partial charge in [-0.25, -0.2) is 23.5 Å². The van der Waals surface area contributed by atoms with E-state index in [1.54, 1.807) is 38.2 Å². The largest absolute Gasteiger partial charge is 0.483 e. The number of primary sulfonamides is 1. The lowest BCUT2D eigenvalue weighted by Gasteiger charge is -2.19. The zero-order valence-electron chi connectivity index (χ0n) is 19.3. The molecule has 1 atom stereocenters. The summed E-state index contributed by atoms with van der Waals surface area (Å²) >= 11 is 5.86. The number of nitrogens with two attached hydrogens (primary N) is 1. The number of rotatable bonds is 5. The lowest BCUT2D eigenvalue weighted by Crippen LogP contribution is -2.17. The van der Waals surface area contributed by atoms with Crippen LogP contribution in [0.3, 0.4) is 0 Å². The molecule has 184 valence electrons. The van der Waals surface area contributed by atoms with Crippen LogP contribution in [-0.2, 0) is 10.0 Å². The molecule has 10 nitrogen and oxygen atoms in total. The van der Waals surface area contributed by atoms with Crippen molar-refractivity contribution in [3.63, 3.8) is 0 Å². The first-order chi connectivity index (χ1) is 17.0. The van der Waals surface area contributed by atoms with Crippen LogP contribution in [0.15, 0.2) is 61.6 Å². The van der Waals surface area contributed by atoms with Gasteiger partial charge in [-0.2, -0.15) is 4.98 Å². The Labute approximate surface area is 209 Å². The SMILES string of the molecule is Cc1cc([C@@H](C)Oc2ccc(Cl)nc2S(N)(=O)=O)c2oc(-c3cnc4ncoc4c3)c(C)c(=O)c2c1. The van der Waals surface area contributed by atoms with E-state index in [9.17, 15) is 13.2 Å². The predicted octanol–water partition coefficient (Wildman–Crippen LogP) is 4.45. The van der Waals surface area contributed by atoms with Gasteiger partial charge in [0.1, 0.15) is 22.6 Å². The van der Waals surface area contributed by atoms with Crippen LogP contribution in [0.25, 0.3) is 33.5 Å². The van der Waals surface area contributed by atoms with Gasteiger partial charge in [0.15, 0.2) is 28.8 Å². The van der Waals surface area contributed by atoms with Crippen molar-refractivity contribution < 1.29 is 22.0 Å². The highest BCUT2D eigenvalue weighted by atomic mass is 35.5. The molecule has 4 heterocycles. The molecule has 0 amide bonds. The molecule has 0 aliphatic rings. The summed E-state index contributed by atoms with van der Waals surface area (Å²) in [6.45, 7) is 5.20. The van der Waals surface area contributed by atoms with E-state index in [4.69, 9.17) is 30.3 Å². The maximum absolute atomic E-state index is 13.4. The van der Waals surface area contributed by atoms with E-state index in [-0.39, 0.29) is 21.9 Å². The summed E-state index contributed by atoms with van der Waals surface area (Å²) in [6.07, 6.45) is 2.07. The number of fused-ring (bicyclic) bond motifs is 2. The van der Waals surface area contributed by atoms with Crippen LogP contribution < -0.4 is 15.3 Å². The summed E-state index contributed by atoms with van der Waals surface area (Å²) < 4.78 is 41.7. The summed E-state index contributed by atoms with van der Waals surface area (Å²) in [4.78, 5) is 25.4. The zero-order chi connectivity index (χ0) is 25.8. The van der Waals surface area contributed by atoms with Crippen molar-refractivity contribution in [1.82, 2.24) is 15.0 Å². The van der Waals surface area contributed by atoms with Crippen LogP contribution in [-0.4, -0.2) is 23.4 Å². The topological polar surface area (TPSA) is 151 Å². The molecule has 1 aromatic carbocycles. The Balaban J connectivity index is 1.68. The first kappa shape index (κ1) is 23.9. The van der Waals surface area contributed by atoms with Gasteiger partial charge in [-0.15, -0.1) is 0 Å². The number of nitrogens with zero attached hydrogens (tertiary/aromatic N) is 3. The molecule has 0 aliphatic heterocycles. The van der Waals surface area contributed by atoms with E-state index < -0.39 is 21.2 Å². The van der Waals surface area contributed by atoms with Crippen LogP contribution in [0.5, 0.6) is 5.75 Å². The second-order valence-corrected chi connectivity index (χ2v) is 10.1. The summed E-state index contributed by atoms with van der Waals surface area (Å²) in [6, 6.07) is 7.98. The third-order valence-electron chi connectivity index (χ3n) is 5.64. The van der Waals surface area contributed by atoms with Gasteiger partial charge < -0.3 is 13.6 Å². The zero-order valence-corrected chi connectivity index (χ0v) is 20.8. The Bertz CT molecular complexity index is 1830. The molecule has 36 heavy (non-hydrogen) atoms. The maximum Gasteiger partial charge on any atom is 0.259 e. The molecule has 5 rings (SSSR count). The Hall–Kier alpha value is -3.80. The third kappa shape index (κ3) is 4.21. The molecule has 0 bridgehead atoms. The number of aryl methyl sites for hydroxylation is 1. The van der Waals surface area contributed by atoms with Gasteiger partial charge in [-0.05, 0) is 56.7 Å². The second-order valence-electron chi connectivity index (χ2n) is 8.26. The second kappa shape index (κ2) is 8.70.